The molecular formula is C12H22N2O2. The van der Waals surface area contributed by atoms with Gasteiger partial charge in [-0.3, -0.25) is 9.59 Å². The summed E-state index contributed by atoms with van der Waals surface area (Å²) in [6.07, 6.45) is 1.74. The van der Waals surface area contributed by atoms with Crippen molar-refractivity contribution in [2.24, 2.45) is 5.92 Å². The predicted octanol–water partition coefficient (Wildman–Crippen LogP) is 0.814. The quantitative estimate of drug-likeness (QED) is 0.755. The third-order valence-corrected chi connectivity index (χ3v) is 2.93. The van der Waals surface area contributed by atoms with Crippen LogP contribution in [0.15, 0.2) is 0 Å². The molecule has 1 N–H and O–H groups in total. The Kier molecular flexibility index (Phi) is 5.46. The molecule has 0 aromatic carbocycles. The highest BCUT2D eigenvalue weighted by atomic mass is 16.2. The minimum absolute atomic E-state index is 0.0919. The molecule has 0 aliphatic carbocycles. The first kappa shape index (κ1) is 13.2. The van der Waals surface area contributed by atoms with Gasteiger partial charge in [0.2, 0.25) is 5.91 Å². The number of piperazine rings is 1. The maximum atomic E-state index is 11.7. The molecule has 4 nitrogen and oxygen atoms in total. The van der Waals surface area contributed by atoms with Crippen molar-refractivity contribution in [1.29, 1.82) is 0 Å². The van der Waals surface area contributed by atoms with E-state index in [1.165, 1.54) is 0 Å². The lowest BCUT2D eigenvalue weighted by Crippen LogP contribution is -2.46. The van der Waals surface area contributed by atoms with E-state index < -0.39 is 0 Å². The number of carbonyl (C=O) groups is 2. The topological polar surface area (TPSA) is 49.4 Å². The fourth-order valence-corrected chi connectivity index (χ4v) is 1.77. The Morgan fingerprint density at radius 1 is 1.19 bits per heavy atom. The Hall–Kier alpha value is -0.900. The van der Waals surface area contributed by atoms with E-state index in [0.29, 0.717) is 19.3 Å². The number of Topliss-reactive ketones (excluding diaryl/α,β-unsaturated/α-hetero) is 1. The van der Waals surface area contributed by atoms with Gasteiger partial charge in [0.15, 0.2) is 0 Å². The summed E-state index contributed by atoms with van der Waals surface area (Å²) in [7, 11) is 0. The Morgan fingerprint density at radius 2 is 1.81 bits per heavy atom. The van der Waals surface area contributed by atoms with Crippen molar-refractivity contribution in [1.82, 2.24) is 10.2 Å². The van der Waals surface area contributed by atoms with Gasteiger partial charge >= 0.3 is 0 Å². The molecule has 0 radical (unpaired) electrons. The van der Waals surface area contributed by atoms with E-state index >= 15 is 0 Å². The van der Waals surface area contributed by atoms with E-state index in [-0.39, 0.29) is 17.6 Å². The minimum atomic E-state index is 0.0919. The Labute approximate surface area is 97.4 Å². The lowest BCUT2D eigenvalue weighted by molar-refractivity contribution is -0.132. The molecule has 1 amide bonds. The Bertz CT molecular complexity index is 245. The van der Waals surface area contributed by atoms with Gasteiger partial charge in [-0.05, 0) is 6.42 Å². The fourth-order valence-electron chi connectivity index (χ4n) is 1.77. The summed E-state index contributed by atoms with van der Waals surface area (Å²) in [4.78, 5) is 25.0. The van der Waals surface area contributed by atoms with Gasteiger partial charge in [-0.1, -0.05) is 13.8 Å². The highest BCUT2D eigenvalue weighted by Gasteiger charge is 2.16. The molecule has 0 aromatic heterocycles. The summed E-state index contributed by atoms with van der Waals surface area (Å²) in [5.41, 5.74) is 0. The molecule has 0 spiro atoms. The van der Waals surface area contributed by atoms with Crippen molar-refractivity contribution >= 4 is 11.7 Å². The third-order valence-electron chi connectivity index (χ3n) is 2.93. The van der Waals surface area contributed by atoms with Crippen LogP contribution in [0.25, 0.3) is 0 Å². The standard InChI is InChI=1S/C12H22N2O2/c1-10(2)11(15)4-3-5-12(16)14-8-6-13-7-9-14/h10,13H,3-9H2,1-2H3. The molecule has 0 aromatic rings. The summed E-state index contributed by atoms with van der Waals surface area (Å²) >= 11 is 0. The molecule has 0 atom stereocenters. The molecule has 0 bridgehead atoms. The molecule has 92 valence electrons. The zero-order chi connectivity index (χ0) is 12.0. The smallest absolute Gasteiger partial charge is 0.222 e. The lowest BCUT2D eigenvalue weighted by atomic mass is 10.0. The number of rotatable bonds is 5. The summed E-state index contributed by atoms with van der Waals surface area (Å²) in [5.74, 6) is 0.542. The zero-order valence-corrected chi connectivity index (χ0v) is 10.3. The van der Waals surface area contributed by atoms with E-state index in [9.17, 15) is 9.59 Å². The zero-order valence-electron chi connectivity index (χ0n) is 10.3. The van der Waals surface area contributed by atoms with Crippen LogP contribution in [0.3, 0.4) is 0 Å². The van der Waals surface area contributed by atoms with Crippen LogP contribution in [-0.4, -0.2) is 42.8 Å². The maximum Gasteiger partial charge on any atom is 0.222 e. The van der Waals surface area contributed by atoms with Crippen LogP contribution in [0.2, 0.25) is 0 Å². The van der Waals surface area contributed by atoms with E-state index in [1.807, 2.05) is 18.7 Å². The fraction of sp³-hybridized carbons (Fsp3) is 0.833. The number of hydrogen-bond donors (Lipinski definition) is 1. The van der Waals surface area contributed by atoms with Crippen molar-refractivity contribution in [3.8, 4) is 0 Å². The summed E-state index contributed by atoms with van der Waals surface area (Å²) in [6.45, 7) is 7.18. The number of nitrogens with zero attached hydrogens (tertiary/aromatic N) is 1. The lowest BCUT2D eigenvalue weighted by Gasteiger charge is -2.27. The molecule has 4 heteroatoms. The number of nitrogens with one attached hydrogen (secondary N) is 1. The number of carbonyl (C=O) groups excluding carboxylic acids is 2. The van der Waals surface area contributed by atoms with Gasteiger partial charge in [0.05, 0.1) is 0 Å². The van der Waals surface area contributed by atoms with Gasteiger partial charge in [-0.2, -0.15) is 0 Å². The van der Waals surface area contributed by atoms with Gasteiger partial charge in [0, 0.05) is 44.9 Å². The van der Waals surface area contributed by atoms with E-state index in [2.05, 4.69) is 5.32 Å². The first-order chi connectivity index (χ1) is 7.61. The molecule has 1 aliphatic heterocycles. The molecule has 0 unspecified atom stereocenters. The van der Waals surface area contributed by atoms with Gasteiger partial charge in [0.1, 0.15) is 5.78 Å². The largest absolute Gasteiger partial charge is 0.340 e. The van der Waals surface area contributed by atoms with Crippen LogP contribution in [0.5, 0.6) is 0 Å². The number of amides is 1. The summed E-state index contributed by atoms with van der Waals surface area (Å²) in [6, 6.07) is 0. The monoisotopic (exact) mass is 226 g/mol. The second-order valence-corrected chi connectivity index (χ2v) is 4.61. The van der Waals surface area contributed by atoms with Crippen molar-refractivity contribution < 1.29 is 9.59 Å². The number of hydrogen-bond acceptors (Lipinski definition) is 3. The molecule has 1 saturated heterocycles. The molecule has 1 rings (SSSR count). The SMILES string of the molecule is CC(C)C(=O)CCCC(=O)N1CCNCC1. The van der Waals surface area contributed by atoms with Crippen molar-refractivity contribution in [3.05, 3.63) is 0 Å². The van der Waals surface area contributed by atoms with Crippen LogP contribution < -0.4 is 5.32 Å². The van der Waals surface area contributed by atoms with Gasteiger partial charge in [-0.25, -0.2) is 0 Å². The second-order valence-electron chi connectivity index (χ2n) is 4.61. The van der Waals surface area contributed by atoms with Gasteiger partial charge in [-0.15, -0.1) is 0 Å². The molecular weight excluding hydrogens is 204 g/mol. The van der Waals surface area contributed by atoms with Crippen LogP contribution in [0.1, 0.15) is 33.1 Å². The second kappa shape index (κ2) is 6.63. The predicted molar refractivity (Wildman–Crippen MR) is 63.1 cm³/mol. The van der Waals surface area contributed by atoms with E-state index in [1.54, 1.807) is 0 Å². The molecule has 0 saturated carbocycles. The van der Waals surface area contributed by atoms with Gasteiger partial charge in [0.25, 0.3) is 0 Å². The summed E-state index contributed by atoms with van der Waals surface area (Å²) < 4.78 is 0. The van der Waals surface area contributed by atoms with Crippen LogP contribution in [0, 0.1) is 5.92 Å². The van der Waals surface area contributed by atoms with Crippen LogP contribution in [-0.2, 0) is 9.59 Å². The van der Waals surface area contributed by atoms with E-state index in [4.69, 9.17) is 0 Å². The maximum absolute atomic E-state index is 11.7. The molecule has 16 heavy (non-hydrogen) atoms. The Morgan fingerprint density at radius 3 is 2.38 bits per heavy atom. The van der Waals surface area contributed by atoms with Crippen molar-refractivity contribution in [2.45, 2.75) is 33.1 Å². The van der Waals surface area contributed by atoms with Crippen molar-refractivity contribution in [2.75, 3.05) is 26.2 Å². The first-order valence-electron chi connectivity index (χ1n) is 6.12. The average molecular weight is 226 g/mol. The van der Waals surface area contributed by atoms with E-state index in [0.717, 1.165) is 26.2 Å². The molecule has 1 fully saturated rings. The average Bonchev–Trinajstić information content (AvgIpc) is 2.29. The highest BCUT2D eigenvalue weighted by molar-refractivity contribution is 5.81. The van der Waals surface area contributed by atoms with Crippen LogP contribution in [0.4, 0.5) is 0 Å². The molecule has 1 heterocycles. The first-order valence-corrected chi connectivity index (χ1v) is 6.12. The van der Waals surface area contributed by atoms with Gasteiger partial charge < -0.3 is 10.2 Å². The summed E-state index contributed by atoms with van der Waals surface area (Å²) in [5, 5.41) is 3.21. The highest BCUT2D eigenvalue weighted by Crippen LogP contribution is 2.06. The Balaban J connectivity index is 2.17. The van der Waals surface area contributed by atoms with Crippen molar-refractivity contribution in [3.63, 3.8) is 0 Å². The number of ketones is 1. The third kappa shape index (κ3) is 4.31. The van der Waals surface area contributed by atoms with Crippen LogP contribution >= 0.6 is 0 Å². The normalized spacial score (nSPS) is 16.6. The molecule has 1 aliphatic rings. The minimum Gasteiger partial charge on any atom is -0.340 e.